The molecule has 0 fully saturated rings. The van der Waals surface area contributed by atoms with Gasteiger partial charge in [-0.25, -0.2) is 4.79 Å². The molecule has 0 radical (unpaired) electrons. The number of methoxy groups -OCH3 is 1. The van der Waals surface area contributed by atoms with Gasteiger partial charge in [-0.1, -0.05) is 48.5 Å². The van der Waals surface area contributed by atoms with Crippen molar-refractivity contribution in [3.8, 4) is 0 Å². The minimum Gasteiger partial charge on any atom is -0.467 e. The van der Waals surface area contributed by atoms with Crippen LogP contribution in [-0.4, -0.2) is 38.2 Å². The number of hydrogen-bond donors (Lipinski definition) is 0. The highest BCUT2D eigenvalue weighted by Gasteiger charge is 2.35. The Morgan fingerprint density at radius 3 is 2.62 bits per heavy atom. The maximum Gasteiger partial charge on any atom is 0.333 e. The summed E-state index contributed by atoms with van der Waals surface area (Å²) in [5.74, 6) is -0.412. The largest absolute Gasteiger partial charge is 0.467 e. The number of carbonyl (C=O) groups excluding carboxylic acids is 2. The predicted octanol–water partition coefficient (Wildman–Crippen LogP) is 2.41. The van der Waals surface area contributed by atoms with Crippen LogP contribution in [0.2, 0.25) is 0 Å². The Bertz CT molecular complexity index is 758. The van der Waals surface area contributed by atoms with Crippen LogP contribution < -0.4 is 4.90 Å². The van der Waals surface area contributed by atoms with Gasteiger partial charge >= 0.3 is 5.97 Å². The van der Waals surface area contributed by atoms with Crippen LogP contribution in [0.4, 0.5) is 5.69 Å². The molecule has 0 bridgehead atoms. The van der Waals surface area contributed by atoms with E-state index in [9.17, 15) is 9.59 Å². The van der Waals surface area contributed by atoms with Crippen LogP contribution in [0, 0.1) is 0 Å². The van der Waals surface area contributed by atoms with Crippen molar-refractivity contribution in [2.75, 3.05) is 18.6 Å². The Morgan fingerprint density at radius 1 is 1.21 bits per heavy atom. The predicted molar refractivity (Wildman–Crippen MR) is 92.4 cm³/mol. The summed E-state index contributed by atoms with van der Waals surface area (Å²) in [4.78, 5) is 30.4. The van der Waals surface area contributed by atoms with Gasteiger partial charge in [0, 0.05) is 17.5 Å². The summed E-state index contributed by atoms with van der Waals surface area (Å²) in [5, 5.41) is 0. The molecule has 1 heterocycles. The summed E-state index contributed by atoms with van der Waals surface area (Å²) in [5.41, 5.74) is 2.43. The van der Waals surface area contributed by atoms with Crippen LogP contribution in [-0.2, 0) is 14.3 Å². The van der Waals surface area contributed by atoms with E-state index in [0.717, 1.165) is 23.1 Å². The fraction of sp³-hybridized carbons (Fsp3) is 0.211. The molecule has 24 heavy (non-hydrogen) atoms. The van der Waals surface area contributed by atoms with Crippen molar-refractivity contribution < 1.29 is 14.3 Å². The average Bonchev–Trinajstić information content (AvgIpc) is 2.82. The van der Waals surface area contributed by atoms with Gasteiger partial charge in [-0.3, -0.25) is 4.99 Å². The minimum absolute atomic E-state index is 0.290. The molecule has 0 aliphatic carbocycles. The summed E-state index contributed by atoms with van der Waals surface area (Å²) in [7, 11) is 1.36. The maximum atomic E-state index is 12.6. The third kappa shape index (κ3) is 2.93. The number of benzene rings is 2. The molecule has 2 aromatic carbocycles. The van der Waals surface area contributed by atoms with Crippen LogP contribution in [0.15, 0.2) is 59.6 Å². The number of nitrogens with zero attached hydrogens (tertiary/aromatic N) is 2. The van der Waals surface area contributed by atoms with Gasteiger partial charge in [-0.15, -0.1) is 0 Å². The quantitative estimate of drug-likeness (QED) is 0.641. The van der Waals surface area contributed by atoms with Crippen LogP contribution >= 0.6 is 0 Å². The average molecular weight is 322 g/mol. The Balaban J connectivity index is 2.17. The first-order chi connectivity index (χ1) is 11.8. The summed E-state index contributed by atoms with van der Waals surface area (Å²) in [6.45, 7) is 0.290. The van der Waals surface area contributed by atoms with Crippen LogP contribution in [0.25, 0.3) is 0 Å². The number of rotatable bonds is 4. The second-order valence-corrected chi connectivity index (χ2v) is 5.50. The molecule has 2 aromatic rings. The second-order valence-electron chi connectivity index (χ2n) is 5.50. The van der Waals surface area contributed by atoms with E-state index in [4.69, 9.17) is 4.74 Å². The van der Waals surface area contributed by atoms with Crippen LogP contribution in [0.1, 0.15) is 17.2 Å². The molecule has 1 aliphatic heterocycles. The van der Waals surface area contributed by atoms with Gasteiger partial charge in [0.15, 0.2) is 6.04 Å². The summed E-state index contributed by atoms with van der Waals surface area (Å²) < 4.78 is 5.03. The van der Waals surface area contributed by atoms with Crippen LogP contribution in [0.3, 0.4) is 0 Å². The van der Waals surface area contributed by atoms with Crippen molar-refractivity contribution in [2.45, 2.75) is 12.1 Å². The minimum atomic E-state index is -0.714. The van der Waals surface area contributed by atoms with Crippen molar-refractivity contribution in [1.29, 1.82) is 0 Å². The molecular weight excluding hydrogens is 304 g/mol. The molecule has 0 aromatic heterocycles. The number of anilines is 1. The third-order valence-corrected chi connectivity index (χ3v) is 4.07. The van der Waals surface area contributed by atoms with E-state index in [1.807, 2.05) is 54.6 Å². The number of para-hydroxylation sites is 1. The van der Waals surface area contributed by atoms with Gasteiger partial charge in [-0.2, -0.15) is 0 Å². The molecule has 2 atom stereocenters. The van der Waals surface area contributed by atoms with E-state index in [2.05, 4.69) is 4.99 Å². The van der Waals surface area contributed by atoms with Gasteiger partial charge in [0.1, 0.15) is 12.3 Å². The number of aliphatic imine (C=N–C) groups is 1. The molecule has 5 nitrogen and oxygen atoms in total. The molecule has 0 N–H and O–H groups in total. The van der Waals surface area contributed by atoms with Gasteiger partial charge in [-0.05, 0) is 11.6 Å². The number of aldehydes is 1. The van der Waals surface area contributed by atoms with Gasteiger partial charge in [0.2, 0.25) is 0 Å². The first-order valence-corrected chi connectivity index (χ1v) is 7.71. The van der Waals surface area contributed by atoms with E-state index in [0.29, 0.717) is 6.54 Å². The van der Waals surface area contributed by atoms with E-state index in [1.165, 1.54) is 7.11 Å². The van der Waals surface area contributed by atoms with E-state index in [1.54, 1.807) is 11.1 Å². The van der Waals surface area contributed by atoms with Crippen molar-refractivity contribution >= 4 is 24.2 Å². The standard InChI is InChI=1S/C19H18N2O3/c1-24-19(23)18(14-7-3-2-4-8-14)21-16(13-22)12-20-11-15-9-5-6-10-17(15)21/h2-11,13,16,18H,12H2,1H3. The first-order valence-electron chi connectivity index (χ1n) is 7.71. The smallest absolute Gasteiger partial charge is 0.333 e. The highest BCUT2D eigenvalue weighted by Crippen LogP contribution is 2.33. The normalized spacial score (nSPS) is 17.5. The van der Waals surface area contributed by atoms with Crippen molar-refractivity contribution in [3.63, 3.8) is 0 Å². The summed E-state index contributed by atoms with van der Waals surface area (Å²) in [6.07, 6.45) is 2.57. The summed E-state index contributed by atoms with van der Waals surface area (Å²) in [6, 6.07) is 15.7. The highest BCUT2D eigenvalue weighted by molar-refractivity contribution is 5.93. The van der Waals surface area contributed by atoms with Gasteiger partial charge in [0.25, 0.3) is 0 Å². The number of fused-ring (bicyclic) bond motifs is 1. The number of ether oxygens (including phenoxy) is 1. The Hall–Kier alpha value is -2.95. The van der Waals surface area contributed by atoms with E-state index >= 15 is 0 Å². The zero-order chi connectivity index (χ0) is 16.9. The number of hydrogen-bond acceptors (Lipinski definition) is 5. The lowest BCUT2D eigenvalue weighted by molar-refractivity contribution is -0.142. The molecule has 2 unspecified atom stereocenters. The summed E-state index contributed by atoms with van der Waals surface area (Å²) >= 11 is 0. The van der Waals surface area contributed by atoms with Gasteiger partial charge < -0.3 is 14.4 Å². The lowest BCUT2D eigenvalue weighted by atomic mass is 10.0. The topological polar surface area (TPSA) is 59.0 Å². The molecule has 0 saturated carbocycles. The van der Waals surface area contributed by atoms with Crippen LogP contribution in [0.5, 0.6) is 0 Å². The fourth-order valence-corrected chi connectivity index (χ4v) is 2.95. The Morgan fingerprint density at radius 2 is 1.92 bits per heavy atom. The van der Waals surface area contributed by atoms with E-state index in [-0.39, 0.29) is 0 Å². The Labute approximate surface area is 140 Å². The molecule has 0 amide bonds. The zero-order valence-electron chi connectivity index (χ0n) is 13.3. The highest BCUT2D eigenvalue weighted by atomic mass is 16.5. The molecule has 3 rings (SSSR count). The molecule has 1 aliphatic rings. The third-order valence-electron chi connectivity index (χ3n) is 4.07. The lowest BCUT2D eigenvalue weighted by Gasteiger charge is -2.35. The molecule has 5 heteroatoms. The number of esters is 1. The van der Waals surface area contributed by atoms with Crippen molar-refractivity contribution in [1.82, 2.24) is 0 Å². The molecule has 0 saturated heterocycles. The fourth-order valence-electron chi connectivity index (χ4n) is 2.95. The maximum absolute atomic E-state index is 12.6. The van der Waals surface area contributed by atoms with Crippen molar-refractivity contribution in [3.05, 3.63) is 65.7 Å². The van der Waals surface area contributed by atoms with Gasteiger partial charge in [0.05, 0.1) is 13.7 Å². The Kier molecular flexibility index (Phi) is 4.70. The van der Waals surface area contributed by atoms with E-state index < -0.39 is 18.1 Å². The first kappa shape index (κ1) is 15.9. The lowest BCUT2D eigenvalue weighted by Crippen LogP contribution is -2.45. The zero-order valence-corrected chi connectivity index (χ0v) is 13.3. The molecular formula is C19H18N2O3. The number of carbonyl (C=O) groups is 2. The second kappa shape index (κ2) is 7.08. The van der Waals surface area contributed by atoms with Crippen molar-refractivity contribution in [2.24, 2.45) is 4.99 Å². The SMILES string of the molecule is COC(=O)C(c1ccccc1)N1c2ccccc2C=NCC1C=O. The monoisotopic (exact) mass is 322 g/mol. The molecule has 0 spiro atoms. The number of benzodiazepines with no additional fused rings is 1. The molecule has 122 valence electrons.